The van der Waals surface area contributed by atoms with Crippen LogP contribution >= 0.6 is 0 Å². The Balaban J connectivity index is 1.82. The number of aliphatic imine (C=N–C) groups is 1. The van der Waals surface area contributed by atoms with Gasteiger partial charge in [-0.15, -0.1) is 0 Å². The summed E-state index contributed by atoms with van der Waals surface area (Å²) in [5.41, 5.74) is 3.47. The number of anilines is 1. The lowest BCUT2D eigenvalue weighted by molar-refractivity contribution is 0.0600. The molecule has 2 heterocycles. The monoisotopic (exact) mass is 342 g/mol. The summed E-state index contributed by atoms with van der Waals surface area (Å²) in [7, 11) is 1.38. The quantitative estimate of drug-likeness (QED) is 0.811. The Hall–Kier alpha value is -2.67. The Morgan fingerprint density at radius 2 is 2.28 bits per heavy atom. The van der Waals surface area contributed by atoms with E-state index in [0.29, 0.717) is 24.3 Å². The Labute approximate surface area is 146 Å². The summed E-state index contributed by atoms with van der Waals surface area (Å²) in [4.78, 5) is 20.2. The number of nitrogens with one attached hydrogen (secondary N) is 1. The van der Waals surface area contributed by atoms with Gasteiger partial charge in [0.2, 0.25) is 0 Å². The van der Waals surface area contributed by atoms with E-state index >= 15 is 0 Å². The third kappa shape index (κ3) is 3.56. The first-order chi connectivity index (χ1) is 12.1. The Bertz CT molecular complexity index is 798. The zero-order chi connectivity index (χ0) is 17.8. The van der Waals surface area contributed by atoms with Crippen LogP contribution in [0.25, 0.3) is 0 Å². The number of hydrogen-bond acceptors (Lipinski definition) is 6. The highest BCUT2D eigenvalue weighted by Crippen LogP contribution is 2.24. The van der Waals surface area contributed by atoms with Gasteiger partial charge in [-0.05, 0) is 36.1 Å². The minimum absolute atomic E-state index is 0.304. The predicted molar refractivity (Wildman–Crippen MR) is 95.0 cm³/mol. The number of aliphatic hydroxyl groups is 1. The molecule has 0 saturated carbocycles. The SMILES string of the molecule is CCc1ccc(C(=O)OC)cc1CCn1cnc2c1NC=NCC2O. The van der Waals surface area contributed by atoms with Gasteiger partial charge in [-0.3, -0.25) is 4.99 Å². The van der Waals surface area contributed by atoms with Crippen molar-refractivity contribution in [3.63, 3.8) is 0 Å². The average Bonchev–Trinajstić information content (AvgIpc) is 2.96. The van der Waals surface area contributed by atoms with Gasteiger partial charge in [0.15, 0.2) is 0 Å². The molecule has 0 aliphatic carbocycles. The van der Waals surface area contributed by atoms with E-state index in [1.165, 1.54) is 12.7 Å². The van der Waals surface area contributed by atoms with Crippen molar-refractivity contribution in [1.82, 2.24) is 9.55 Å². The number of ether oxygens (including phenoxy) is 1. The van der Waals surface area contributed by atoms with Crippen LogP contribution in [0.1, 0.15) is 40.2 Å². The largest absolute Gasteiger partial charge is 0.465 e. The molecule has 7 nitrogen and oxygen atoms in total. The number of benzene rings is 1. The topological polar surface area (TPSA) is 88.7 Å². The molecule has 132 valence electrons. The number of nitrogens with zero attached hydrogens (tertiary/aromatic N) is 3. The Kier molecular flexibility index (Phi) is 5.14. The number of imidazole rings is 1. The summed E-state index contributed by atoms with van der Waals surface area (Å²) in [5.74, 6) is 0.428. The van der Waals surface area contributed by atoms with E-state index in [1.54, 1.807) is 18.7 Å². The number of carbonyl (C=O) groups excluding carboxylic acids is 1. The molecule has 7 heteroatoms. The normalized spacial score (nSPS) is 16.0. The fourth-order valence-electron chi connectivity index (χ4n) is 3.00. The van der Waals surface area contributed by atoms with Gasteiger partial charge in [0.1, 0.15) is 17.6 Å². The van der Waals surface area contributed by atoms with Gasteiger partial charge in [0.25, 0.3) is 0 Å². The van der Waals surface area contributed by atoms with Crippen LogP contribution in [-0.2, 0) is 24.1 Å². The van der Waals surface area contributed by atoms with Gasteiger partial charge < -0.3 is 19.7 Å². The van der Waals surface area contributed by atoms with E-state index in [9.17, 15) is 9.90 Å². The van der Waals surface area contributed by atoms with Crippen molar-refractivity contribution in [2.45, 2.75) is 32.4 Å². The van der Waals surface area contributed by atoms with Crippen molar-refractivity contribution in [2.24, 2.45) is 4.99 Å². The molecule has 2 N–H and O–H groups in total. The van der Waals surface area contributed by atoms with Crippen LogP contribution in [0.2, 0.25) is 0 Å². The van der Waals surface area contributed by atoms with Crippen molar-refractivity contribution in [3.05, 3.63) is 46.9 Å². The summed E-state index contributed by atoms with van der Waals surface area (Å²) < 4.78 is 6.77. The fourth-order valence-corrected chi connectivity index (χ4v) is 3.00. The van der Waals surface area contributed by atoms with Crippen molar-refractivity contribution in [2.75, 3.05) is 19.0 Å². The van der Waals surface area contributed by atoms with Crippen molar-refractivity contribution in [1.29, 1.82) is 0 Å². The molecule has 1 aliphatic rings. The second kappa shape index (κ2) is 7.48. The lowest BCUT2D eigenvalue weighted by Gasteiger charge is -2.13. The second-order valence-corrected chi connectivity index (χ2v) is 5.90. The first kappa shape index (κ1) is 17.2. The van der Waals surface area contributed by atoms with Crippen LogP contribution in [0, 0.1) is 0 Å². The molecule has 0 saturated heterocycles. The van der Waals surface area contributed by atoms with Crippen molar-refractivity contribution in [3.8, 4) is 0 Å². The number of fused-ring (bicyclic) bond motifs is 1. The smallest absolute Gasteiger partial charge is 0.337 e. The molecule has 25 heavy (non-hydrogen) atoms. The number of aryl methyl sites for hydroxylation is 3. The van der Waals surface area contributed by atoms with Crippen LogP contribution in [0.15, 0.2) is 29.5 Å². The van der Waals surface area contributed by atoms with Crippen LogP contribution in [0.5, 0.6) is 0 Å². The molecule has 0 radical (unpaired) electrons. The Morgan fingerprint density at radius 1 is 1.44 bits per heavy atom. The molecule has 1 aromatic heterocycles. The molecule has 0 amide bonds. The molecule has 1 atom stereocenters. The third-order valence-electron chi connectivity index (χ3n) is 4.38. The van der Waals surface area contributed by atoms with Gasteiger partial charge in [-0.1, -0.05) is 13.0 Å². The molecule has 0 fully saturated rings. The first-order valence-electron chi connectivity index (χ1n) is 8.32. The van der Waals surface area contributed by atoms with Crippen molar-refractivity contribution >= 4 is 18.1 Å². The van der Waals surface area contributed by atoms with Crippen LogP contribution in [0.3, 0.4) is 0 Å². The van der Waals surface area contributed by atoms with Gasteiger partial charge in [-0.25, -0.2) is 9.78 Å². The number of aliphatic hydroxyl groups excluding tert-OH is 1. The maximum atomic E-state index is 11.8. The summed E-state index contributed by atoms with van der Waals surface area (Å²) >= 11 is 0. The molecule has 2 aromatic rings. The summed E-state index contributed by atoms with van der Waals surface area (Å²) in [6.07, 6.45) is 4.24. The standard InChI is InChI=1S/C18H22N4O3/c1-3-12-4-5-14(18(24)25-2)8-13(12)6-7-22-11-21-16-15(23)9-19-10-20-17(16)22/h4-5,8,10-11,15,23H,3,6-7,9H2,1-2H3,(H,19,20). The molecule has 0 bridgehead atoms. The highest BCUT2D eigenvalue weighted by atomic mass is 16.5. The molecule has 3 rings (SSSR count). The number of rotatable bonds is 5. The molecular weight excluding hydrogens is 320 g/mol. The average molecular weight is 342 g/mol. The van der Waals surface area contributed by atoms with Gasteiger partial charge in [0, 0.05) is 6.54 Å². The predicted octanol–water partition coefficient (Wildman–Crippen LogP) is 1.96. The maximum Gasteiger partial charge on any atom is 0.337 e. The number of aromatic nitrogens is 2. The summed E-state index contributed by atoms with van der Waals surface area (Å²) in [5, 5.41) is 13.1. The zero-order valence-corrected chi connectivity index (χ0v) is 14.4. The molecule has 1 unspecified atom stereocenters. The van der Waals surface area contributed by atoms with E-state index in [-0.39, 0.29) is 5.97 Å². The van der Waals surface area contributed by atoms with Crippen LogP contribution in [-0.4, -0.2) is 40.6 Å². The number of hydrogen-bond donors (Lipinski definition) is 2. The van der Waals surface area contributed by atoms with E-state index in [1.807, 2.05) is 16.7 Å². The minimum atomic E-state index is -0.698. The first-order valence-corrected chi connectivity index (χ1v) is 8.32. The summed E-state index contributed by atoms with van der Waals surface area (Å²) in [6, 6.07) is 5.67. The third-order valence-corrected chi connectivity index (χ3v) is 4.38. The number of methoxy groups -OCH3 is 1. The lowest BCUT2D eigenvalue weighted by atomic mass is 9.99. The number of carbonyl (C=O) groups is 1. The van der Waals surface area contributed by atoms with Gasteiger partial charge in [-0.2, -0.15) is 0 Å². The van der Waals surface area contributed by atoms with E-state index in [4.69, 9.17) is 4.74 Å². The molecule has 0 spiro atoms. The van der Waals surface area contributed by atoms with Crippen LogP contribution in [0.4, 0.5) is 5.82 Å². The van der Waals surface area contributed by atoms with Crippen LogP contribution < -0.4 is 5.32 Å². The second-order valence-electron chi connectivity index (χ2n) is 5.90. The van der Waals surface area contributed by atoms with Crippen molar-refractivity contribution < 1.29 is 14.6 Å². The van der Waals surface area contributed by atoms with E-state index in [2.05, 4.69) is 22.2 Å². The molecule has 1 aliphatic heterocycles. The van der Waals surface area contributed by atoms with Gasteiger partial charge >= 0.3 is 5.97 Å². The zero-order valence-electron chi connectivity index (χ0n) is 14.4. The lowest BCUT2D eigenvalue weighted by Crippen LogP contribution is -2.09. The fraction of sp³-hybridized carbons (Fsp3) is 0.389. The highest BCUT2D eigenvalue weighted by Gasteiger charge is 2.20. The number of esters is 1. The Morgan fingerprint density at radius 3 is 3.04 bits per heavy atom. The maximum absolute atomic E-state index is 11.8. The summed E-state index contributed by atoms with van der Waals surface area (Å²) in [6.45, 7) is 3.07. The molecular formula is C18H22N4O3. The minimum Gasteiger partial charge on any atom is -0.465 e. The highest BCUT2D eigenvalue weighted by molar-refractivity contribution is 5.89. The van der Waals surface area contributed by atoms with E-state index < -0.39 is 6.10 Å². The van der Waals surface area contributed by atoms with Gasteiger partial charge in [0.05, 0.1) is 31.9 Å². The van der Waals surface area contributed by atoms with E-state index in [0.717, 1.165) is 24.2 Å². The molecule has 1 aromatic carbocycles.